The SMILES string of the molecule is COC(=O)C1=C(C)Nc2ncnn2C1c1cc(Br)ccc1OCc1ccccc1Cl. The standard InChI is InChI=1S/C21H18BrClN4O3/c1-12-18(20(28)29-2)19(27-21(26-12)24-11-25-27)15-9-14(22)7-8-17(15)30-10-13-5-3-4-6-16(13)23/h3-9,11,19H,10H2,1-2H3,(H,24,25,26). The first kappa shape index (κ1) is 20.4. The van der Waals surface area contributed by atoms with E-state index < -0.39 is 12.0 Å². The number of nitrogens with zero attached hydrogens (tertiary/aromatic N) is 3. The summed E-state index contributed by atoms with van der Waals surface area (Å²) in [7, 11) is 1.35. The summed E-state index contributed by atoms with van der Waals surface area (Å²) in [6.07, 6.45) is 1.44. The number of anilines is 1. The zero-order valence-corrected chi connectivity index (χ0v) is 18.6. The normalized spacial score (nSPS) is 15.4. The summed E-state index contributed by atoms with van der Waals surface area (Å²) in [4.78, 5) is 16.9. The zero-order valence-electron chi connectivity index (χ0n) is 16.2. The fraction of sp³-hybridized carbons (Fsp3) is 0.190. The molecule has 1 aliphatic rings. The van der Waals surface area contributed by atoms with Crippen molar-refractivity contribution in [3.8, 4) is 5.75 Å². The van der Waals surface area contributed by atoms with E-state index in [0.29, 0.717) is 28.0 Å². The Labute approximate surface area is 186 Å². The second-order valence-electron chi connectivity index (χ2n) is 6.65. The van der Waals surface area contributed by atoms with Crippen molar-refractivity contribution >= 4 is 39.4 Å². The van der Waals surface area contributed by atoms with Crippen LogP contribution in [0.5, 0.6) is 5.75 Å². The Bertz CT molecular complexity index is 1140. The summed E-state index contributed by atoms with van der Waals surface area (Å²) in [6.45, 7) is 2.08. The predicted octanol–water partition coefficient (Wildman–Crippen LogP) is 4.73. The molecule has 0 saturated heterocycles. The highest BCUT2D eigenvalue weighted by molar-refractivity contribution is 9.10. The molecular formula is C21H18BrClN4O3. The minimum Gasteiger partial charge on any atom is -0.488 e. The molecule has 0 spiro atoms. The highest BCUT2D eigenvalue weighted by atomic mass is 79.9. The van der Waals surface area contributed by atoms with Crippen LogP contribution in [0.25, 0.3) is 0 Å². The van der Waals surface area contributed by atoms with E-state index in [-0.39, 0.29) is 6.61 Å². The minimum atomic E-state index is -0.574. The summed E-state index contributed by atoms with van der Waals surface area (Å²) in [5.74, 6) is 0.672. The number of hydrogen-bond acceptors (Lipinski definition) is 6. The van der Waals surface area contributed by atoms with Gasteiger partial charge in [-0.1, -0.05) is 45.7 Å². The van der Waals surface area contributed by atoms with Gasteiger partial charge in [-0.05, 0) is 31.2 Å². The van der Waals surface area contributed by atoms with Crippen molar-refractivity contribution in [2.75, 3.05) is 12.4 Å². The van der Waals surface area contributed by atoms with Crippen molar-refractivity contribution in [2.45, 2.75) is 19.6 Å². The predicted molar refractivity (Wildman–Crippen MR) is 116 cm³/mol. The maximum absolute atomic E-state index is 12.7. The van der Waals surface area contributed by atoms with Crippen LogP contribution in [0.15, 0.2) is 64.5 Å². The van der Waals surface area contributed by atoms with Gasteiger partial charge in [-0.3, -0.25) is 0 Å². The molecule has 1 atom stereocenters. The lowest BCUT2D eigenvalue weighted by Gasteiger charge is -2.29. The van der Waals surface area contributed by atoms with Gasteiger partial charge in [0.1, 0.15) is 24.7 Å². The van der Waals surface area contributed by atoms with Crippen molar-refractivity contribution in [1.29, 1.82) is 0 Å². The van der Waals surface area contributed by atoms with E-state index in [1.54, 1.807) is 11.6 Å². The molecule has 2 heterocycles. The van der Waals surface area contributed by atoms with Crippen molar-refractivity contribution in [3.05, 3.63) is 80.7 Å². The Morgan fingerprint density at radius 2 is 2.10 bits per heavy atom. The van der Waals surface area contributed by atoms with Crippen molar-refractivity contribution in [2.24, 2.45) is 0 Å². The zero-order chi connectivity index (χ0) is 21.3. The van der Waals surface area contributed by atoms with Gasteiger partial charge >= 0.3 is 5.97 Å². The van der Waals surface area contributed by atoms with Crippen LogP contribution in [0.4, 0.5) is 5.95 Å². The Morgan fingerprint density at radius 1 is 1.30 bits per heavy atom. The van der Waals surface area contributed by atoms with Crippen LogP contribution >= 0.6 is 27.5 Å². The molecule has 0 radical (unpaired) electrons. The van der Waals surface area contributed by atoms with Crippen LogP contribution in [0.2, 0.25) is 5.02 Å². The second kappa shape index (κ2) is 8.49. The lowest BCUT2D eigenvalue weighted by atomic mass is 9.95. The highest BCUT2D eigenvalue weighted by Crippen LogP contribution is 2.40. The molecule has 0 bridgehead atoms. The molecule has 9 heteroatoms. The number of halogens is 2. The van der Waals surface area contributed by atoms with Crippen LogP contribution < -0.4 is 10.1 Å². The number of allylic oxidation sites excluding steroid dienone is 1. The number of fused-ring (bicyclic) bond motifs is 1. The maximum atomic E-state index is 12.7. The van der Waals surface area contributed by atoms with Crippen LogP contribution in [0, 0.1) is 0 Å². The molecule has 1 N–H and O–H groups in total. The van der Waals surface area contributed by atoms with Crippen LogP contribution in [-0.2, 0) is 16.1 Å². The third-order valence-corrected chi connectivity index (χ3v) is 5.67. The number of esters is 1. The molecule has 154 valence electrons. The first-order valence-corrected chi connectivity index (χ1v) is 10.3. The molecule has 0 aliphatic carbocycles. The number of aromatic nitrogens is 3. The largest absolute Gasteiger partial charge is 0.488 e. The molecule has 30 heavy (non-hydrogen) atoms. The lowest BCUT2D eigenvalue weighted by Crippen LogP contribution is -2.29. The topological polar surface area (TPSA) is 78.3 Å². The number of carbonyl (C=O) groups excluding carboxylic acids is 1. The number of hydrogen-bond donors (Lipinski definition) is 1. The van der Waals surface area contributed by atoms with Crippen molar-refractivity contribution in [1.82, 2.24) is 14.8 Å². The van der Waals surface area contributed by atoms with Gasteiger partial charge < -0.3 is 14.8 Å². The smallest absolute Gasteiger partial charge is 0.338 e. The van der Waals surface area contributed by atoms with E-state index >= 15 is 0 Å². The van der Waals surface area contributed by atoms with Gasteiger partial charge in [-0.2, -0.15) is 10.1 Å². The van der Waals surface area contributed by atoms with Crippen molar-refractivity contribution in [3.63, 3.8) is 0 Å². The van der Waals surface area contributed by atoms with Crippen LogP contribution in [0.1, 0.15) is 24.1 Å². The maximum Gasteiger partial charge on any atom is 0.338 e. The molecule has 0 amide bonds. The fourth-order valence-electron chi connectivity index (χ4n) is 3.39. The van der Waals surface area contributed by atoms with E-state index in [0.717, 1.165) is 15.6 Å². The Morgan fingerprint density at radius 3 is 2.87 bits per heavy atom. The number of benzene rings is 2. The molecular weight excluding hydrogens is 472 g/mol. The minimum absolute atomic E-state index is 0.278. The number of carbonyl (C=O) groups is 1. The summed E-state index contributed by atoms with van der Waals surface area (Å²) < 4.78 is 13.7. The molecule has 1 aromatic heterocycles. The van der Waals surface area contributed by atoms with E-state index in [2.05, 4.69) is 31.3 Å². The average molecular weight is 490 g/mol. The van der Waals surface area contributed by atoms with Crippen LogP contribution in [-0.4, -0.2) is 27.8 Å². The quantitative estimate of drug-likeness (QED) is 0.522. The van der Waals surface area contributed by atoms with E-state index in [1.807, 2.05) is 42.5 Å². The molecule has 7 nitrogen and oxygen atoms in total. The van der Waals surface area contributed by atoms with E-state index in [9.17, 15) is 4.79 Å². The Kier molecular flexibility index (Phi) is 5.78. The monoisotopic (exact) mass is 488 g/mol. The molecule has 4 rings (SSSR count). The van der Waals surface area contributed by atoms with Gasteiger partial charge in [0.2, 0.25) is 5.95 Å². The summed E-state index contributed by atoms with van der Waals surface area (Å²) in [5, 5.41) is 8.06. The van der Waals surface area contributed by atoms with Gasteiger partial charge in [-0.15, -0.1) is 0 Å². The number of nitrogens with one attached hydrogen (secondary N) is 1. The molecule has 0 fully saturated rings. The van der Waals surface area contributed by atoms with E-state index in [1.165, 1.54) is 13.4 Å². The molecule has 1 aliphatic heterocycles. The van der Waals surface area contributed by atoms with Gasteiger partial charge in [0.25, 0.3) is 0 Å². The average Bonchev–Trinajstić information content (AvgIpc) is 3.20. The van der Waals surface area contributed by atoms with Gasteiger partial charge in [0.05, 0.1) is 12.7 Å². The first-order chi connectivity index (χ1) is 14.5. The van der Waals surface area contributed by atoms with Gasteiger partial charge in [-0.25, -0.2) is 9.48 Å². The highest BCUT2D eigenvalue weighted by Gasteiger charge is 2.36. The first-order valence-electron chi connectivity index (χ1n) is 9.11. The summed E-state index contributed by atoms with van der Waals surface area (Å²) in [5.41, 5.74) is 2.67. The summed E-state index contributed by atoms with van der Waals surface area (Å²) in [6, 6.07) is 12.6. The van der Waals surface area contributed by atoms with Gasteiger partial charge in [0, 0.05) is 26.3 Å². The fourth-order valence-corrected chi connectivity index (χ4v) is 3.96. The Hall–Kier alpha value is -2.84. The van der Waals surface area contributed by atoms with Crippen molar-refractivity contribution < 1.29 is 14.3 Å². The molecule has 2 aromatic carbocycles. The number of methoxy groups -OCH3 is 1. The lowest BCUT2D eigenvalue weighted by molar-refractivity contribution is -0.136. The molecule has 0 saturated carbocycles. The third kappa shape index (κ3) is 3.80. The van der Waals surface area contributed by atoms with Gasteiger partial charge in [0.15, 0.2) is 0 Å². The second-order valence-corrected chi connectivity index (χ2v) is 7.97. The molecule has 3 aromatic rings. The van der Waals surface area contributed by atoms with Crippen LogP contribution in [0.3, 0.4) is 0 Å². The number of ether oxygens (including phenoxy) is 2. The molecule has 1 unspecified atom stereocenters. The Balaban J connectivity index is 1.80. The third-order valence-electron chi connectivity index (χ3n) is 4.81. The summed E-state index contributed by atoms with van der Waals surface area (Å²) >= 11 is 9.79. The van der Waals surface area contributed by atoms with E-state index in [4.69, 9.17) is 21.1 Å². The number of rotatable bonds is 5.